The van der Waals surface area contributed by atoms with Crippen molar-refractivity contribution in [3.63, 3.8) is 0 Å². The fourth-order valence-corrected chi connectivity index (χ4v) is 2.82. The summed E-state index contributed by atoms with van der Waals surface area (Å²) in [6.07, 6.45) is 0. The molecule has 1 aromatic carbocycles. The average Bonchev–Trinajstić information content (AvgIpc) is 2.78. The molecule has 0 fully saturated rings. The highest BCUT2D eigenvalue weighted by Crippen LogP contribution is 2.24. The number of halogens is 1. The summed E-state index contributed by atoms with van der Waals surface area (Å²) in [5.74, 6) is 0. The molecule has 1 atom stereocenters. The second-order valence-corrected chi connectivity index (χ2v) is 5.20. The zero-order valence-corrected chi connectivity index (χ0v) is 11.0. The van der Waals surface area contributed by atoms with Crippen molar-refractivity contribution < 1.29 is 0 Å². The van der Waals surface area contributed by atoms with Crippen LogP contribution in [0.4, 0.5) is 0 Å². The molecule has 2 nitrogen and oxygen atoms in total. The van der Waals surface area contributed by atoms with E-state index in [2.05, 4.69) is 17.4 Å². The van der Waals surface area contributed by atoms with E-state index in [-0.39, 0.29) is 6.04 Å². The van der Waals surface area contributed by atoms with E-state index in [0.29, 0.717) is 6.54 Å². The van der Waals surface area contributed by atoms with Crippen LogP contribution in [0, 0.1) is 0 Å². The van der Waals surface area contributed by atoms with Gasteiger partial charge in [0.05, 0.1) is 11.1 Å². The summed E-state index contributed by atoms with van der Waals surface area (Å²) in [5, 5.41) is 6.16. The maximum atomic E-state index is 5.92. The van der Waals surface area contributed by atoms with E-state index in [9.17, 15) is 0 Å². The lowest BCUT2D eigenvalue weighted by molar-refractivity contribution is 0.549. The summed E-state index contributed by atoms with van der Waals surface area (Å²) in [4.78, 5) is 1.19. The Morgan fingerprint density at radius 2 is 2.06 bits per heavy atom. The van der Waals surface area contributed by atoms with Gasteiger partial charge in [0.25, 0.3) is 0 Å². The Morgan fingerprint density at radius 1 is 1.29 bits per heavy atom. The van der Waals surface area contributed by atoms with Gasteiger partial charge in [-0.15, -0.1) is 11.3 Å². The van der Waals surface area contributed by atoms with Gasteiger partial charge in [-0.25, -0.2) is 0 Å². The van der Waals surface area contributed by atoms with Crippen LogP contribution in [0.15, 0.2) is 41.8 Å². The molecule has 2 aromatic rings. The van der Waals surface area contributed by atoms with Crippen LogP contribution in [-0.4, -0.2) is 6.54 Å². The first-order valence-electron chi connectivity index (χ1n) is 5.51. The summed E-state index contributed by atoms with van der Waals surface area (Å²) in [5.41, 5.74) is 7.04. The predicted molar refractivity (Wildman–Crippen MR) is 74.4 cm³/mol. The van der Waals surface area contributed by atoms with Crippen molar-refractivity contribution in [2.45, 2.75) is 12.6 Å². The Labute approximate surface area is 110 Å². The van der Waals surface area contributed by atoms with Gasteiger partial charge >= 0.3 is 0 Å². The molecular weight excluding hydrogens is 252 g/mol. The highest BCUT2D eigenvalue weighted by molar-refractivity contribution is 7.10. The first-order chi connectivity index (χ1) is 8.29. The van der Waals surface area contributed by atoms with Crippen LogP contribution in [0.2, 0.25) is 5.02 Å². The summed E-state index contributed by atoms with van der Waals surface area (Å²) >= 11 is 7.56. The molecule has 0 bridgehead atoms. The predicted octanol–water partition coefficient (Wildman–Crippen LogP) is 3.19. The lowest BCUT2D eigenvalue weighted by Gasteiger charge is -2.15. The number of benzene rings is 1. The minimum atomic E-state index is 0.174. The molecule has 0 aliphatic rings. The van der Waals surface area contributed by atoms with E-state index < -0.39 is 0 Å². The van der Waals surface area contributed by atoms with Gasteiger partial charge in [-0.1, -0.05) is 41.9 Å². The topological polar surface area (TPSA) is 38.0 Å². The Morgan fingerprint density at radius 3 is 2.65 bits per heavy atom. The molecule has 1 unspecified atom stereocenters. The minimum Gasteiger partial charge on any atom is -0.329 e. The van der Waals surface area contributed by atoms with Gasteiger partial charge in [-0.3, -0.25) is 0 Å². The summed E-state index contributed by atoms with van der Waals surface area (Å²) in [6, 6.07) is 12.4. The van der Waals surface area contributed by atoms with E-state index in [0.717, 1.165) is 11.6 Å². The van der Waals surface area contributed by atoms with Gasteiger partial charge in [0.2, 0.25) is 0 Å². The standard InChI is InChI=1S/C13H15ClN2S/c14-11-6-13(17-9-11)12(7-15)16-8-10-4-2-1-3-5-10/h1-6,9,12,16H,7-8,15H2. The highest BCUT2D eigenvalue weighted by Gasteiger charge is 2.11. The largest absolute Gasteiger partial charge is 0.329 e. The fraction of sp³-hybridized carbons (Fsp3) is 0.231. The van der Waals surface area contributed by atoms with E-state index in [1.165, 1.54) is 10.4 Å². The Balaban J connectivity index is 1.97. The van der Waals surface area contributed by atoms with Crippen LogP contribution in [0.5, 0.6) is 0 Å². The van der Waals surface area contributed by atoms with Crippen molar-refractivity contribution in [1.29, 1.82) is 0 Å². The molecule has 0 radical (unpaired) electrons. The van der Waals surface area contributed by atoms with Crippen LogP contribution < -0.4 is 11.1 Å². The van der Waals surface area contributed by atoms with E-state index in [1.807, 2.05) is 29.6 Å². The minimum absolute atomic E-state index is 0.174. The molecule has 1 aromatic heterocycles. The Kier molecular flexibility index (Phi) is 4.57. The van der Waals surface area contributed by atoms with Crippen molar-refractivity contribution in [3.8, 4) is 0 Å². The summed E-state index contributed by atoms with van der Waals surface area (Å²) < 4.78 is 0. The molecule has 0 spiro atoms. The maximum absolute atomic E-state index is 5.92. The first-order valence-corrected chi connectivity index (χ1v) is 6.76. The fourth-order valence-electron chi connectivity index (χ4n) is 1.65. The van der Waals surface area contributed by atoms with E-state index in [1.54, 1.807) is 11.3 Å². The molecule has 0 saturated carbocycles. The molecule has 3 N–H and O–H groups in total. The summed E-state index contributed by atoms with van der Waals surface area (Å²) in [7, 11) is 0. The lowest BCUT2D eigenvalue weighted by atomic mass is 10.2. The van der Waals surface area contributed by atoms with Gasteiger partial charge in [0.1, 0.15) is 0 Å². The van der Waals surface area contributed by atoms with Crippen molar-refractivity contribution in [3.05, 3.63) is 57.2 Å². The zero-order valence-electron chi connectivity index (χ0n) is 9.40. The highest BCUT2D eigenvalue weighted by atomic mass is 35.5. The monoisotopic (exact) mass is 266 g/mol. The van der Waals surface area contributed by atoms with Crippen LogP contribution in [-0.2, 0) is 6.54 Å². The summed E-state index contributed by atoms with van der Waals surface area (Å²) in [6.45, 7) is 1.39. The molecule has 0 aliphatic heterocycles. The third-order valence-corrected chi connectivity index (χ3v) is 3.96. The van der Waals surface area contributed by atoms with Gasteiger partial charge in [-0.05, 0) is 11.6 Å². The number of rotatable bonds is 5. The number of nitrogens with one attached hydrogen (secondary N) is 1. The van der Waals surface area contributed by atoms with Crippen LogP contribution >= 0.6 is 22.9 Å². The molecule has 0 saturated heterocycles. The van der Waals surface area contributed by atoms with E-state index in [4.69, 9.17) is 17.3 Å². The first kappa shape index (κ1) is 12.6. The molecule has 2 rings (SSSR count). The molecule has 4 heteroatoms. The second-order valence-electron chi connectivity index (χ2n) is 3.82. The average molecular weight is 267 g/mol. The maximum Gasteiger partial charge on any atom is 0.0542 e. The second kappa shape index (κ2) is 6.17. The molecule has 0 amide bonds. The van der Waals surface area contributed by atoms with Crippen LogP contribution in [0.1, 0.15) is 16.5 Å². The third kappa shape index (κ3) is 3.54. The number of hydrogen-bond donors (Lipinski definition) is 2. The van der Waals surface area contributed by atoms with Crippen molar-refractivity contribution >= 4 is 22.9 Å². The molecule has 90 valence electrons. The van der Waals surface area contributed by atoms with Gasteiger partial charge in [0, 0.05) is 23.3 Å². The SMILES string of the molecule is NCC(NCc1ccccc1)c1cc(Cl)cs1. The smallest absolute Gasteiger partial charge is 0.0542 e. The number of nitrogens with two attached hydrogens (primary N) is 1. The van der Waals surface area contributed by atoms with Crippen LogP contribution in [0.25, 0.3) is 0 Å². The molecule has 17 heavy (non-hydrogen) atoms. The van der Waals surface area contributed by atoms with Gasteiger partial charge < -0.3 is 11.1 Å². The quantitative estimate of drug-likeness (QED) is 0.872. The number of hydrogen-bond acceptors (Lipinski definition) is 3. The zero-order chi connectivity index (χ0) is 12.1. The normalized spacial score (nSPS) is 12.6. The Bertz CT molecular complexity index is 455. The van der Waals surface area contributed by atoms with Gasteiger partial charge in [0.15, 0.2) is 0 Å². The van der Waals surface area contributed by atoms with Crippen LogP contribution in [0.3, 0.4) is 0 Å². The lowest BCUT2D eigenvalue weighted by Crippen LogP contribution is -2.27. The molecule has 0 aliphatic carbocycles. The Hall–Kier alpha value is -0.870. The van der Waals surface area contributed by atoms with Gasteiger partial charge in [-0.2, -0.15) is 0 Å². The van der Waals surface area contributed by atoms with E-state index >= 15 is 0 Å². The molecule has 1 heterocycles. The third-order valence-electron chi connectivity index (χ3n) is 2.56. The van der Waals surface area contributed by atoms with Crippen molar-refractivity contribution in [2.75, 3.05) is 6.54 Å². The van der Waals surface area contributed by atoms with Crippen molar-refractivity contribution in [1.82, 2.24) is 5.32 Å². The number of thiophene rings is 1. The molecular formula is C13H15ClN2S. The van der Waals surface area contributed by atoms with Crippen molar-refractivity contribution in [2.24, 2.45) is 5.73 Å².